The van der Waals surface area contributed by atoms with Gasteiger partial charge < -0.3 is 5.11 Å². The highest BCUT2D eigenvalue weighted by Gasteiger charge is 2.26. The number of halogens is 2. The van der Waals surface area contributed by atoms with Crippen molar-refractivity contribution < 1.29 is 9.90 Å². The predicted octanol–water partition coefficient (Wildman–Crippen LogP) is 5.45. The lowest BCUT2D eigenvalue weighted by molar-refractivity contribution is 0.0698. The molecule has 1 aromatic carbocycles. The van der Waals surface area contributed by atoms with Gasteiger partial charge in [-0.1, -0.05) is 48.5 Å². The minimum Gasteiger partial charge on any atom is -0.477 e. The number of nitrogens with zero attached hydrogens (tertiary/aromatic N) is 3. The second kappa shape index (κ2) is 6.89. The van der Waals surface area contributed by atoms with Crippen LogP contribution in [0.25, 0.3) is 16.8 Å². The van der Waals surface area contributed by atoms with E-state index in [9.17, 15) is 9.90 Å². The minimum atomic E-state index is -1.03. The molecule has 3 aromatic rings. The summed E-state index contributed by atoms with van der Waals surface area (Å²) in [5.74, 6) is -0.739. The van der Waals surface area contributed by atoms with E-state index < -0.39 is 5.97 Å². The van der Waals surface area contributed by atoms with Crippen LogP contribution < -0.4 is 0 Å². The first kappa shape index (κ1) is 17.3. The van der Waals surface area contributed by atoms with Crippen molar-refractivity contribution in [3.63, 3.8) is 0 Å². The predicted molar refractivity (Wildman–Crippen MR) is 101 cm³/mol. The Hall–Kier alpha value is -2.11. The van der Waals surface area contributed by atoms with Gasteiger partial charge in [-0.05, 0) is 25.0 Å². The summed E-state index contributed by atoms with van der Waals surface area (Å²) in [6.45, 7) is 0. The number of fused-ring (bicyclic) bond motifs is 1. The van der Waals surface area contributed by atoms with Crippen LogP contribution in [0.5, 0.6) is 0 Å². The Morgan fingerprint density at radius 3 is 2.58 bits per heavy atom. The quantitative estimate of drug-likeness (QED) is 0.646. The van der Waals surface area contributed by atoms with Gasteiger partial charge in [0, 0.05) is 33.3 Å². The van der Waals surface area contributed by atoms with Crippen molar-refractivity contribution in [2.24, 2.45) is 0 Å². The lowest BCUT2D eigenvalue weighted by atomic mass is 9.84. The van der Waals surface area contributed by atoms with E-state index in [1.165, 1.54) is 12.6 Å². The van der Waals surface area contributed by atoms with Gasteiger partial charge in [0.05, 0.1) is 11.9 Å². The standard InChI is InChI=1S/C19H17Cl2N3O2/c20-12-6-7-13(16(21)8-12)14-9-22-18-15(19(25)26)10-23-24(18)17(14)11-4-2-1-3-5-11/h6-11H,1-5H2,(H,25,26). The lowest BCUT2D eigenvalue weighted by Crippen LogP contribution is -2.13. The van der Waals surface area contributed by atoms with Crippen LogP contribution in [0.2, 0.25) is 10.0 Å². The van der Waals surface area contributed by atoms with Crippen LogP contribution in [0.4, 0.5) is 0 Å². The molecule has 2 heterocycles. The molecule has 1 saturated carbocycles. The Labute approximate surface area is 160 Å². The Bertz CT molecular complexity index is 994. The third-order valence-electron chi connectivity index (χ3n) is 5.01. The molecule has 1 aliphatic carbocycles. The number of hydrogen-bond donors (Lipinski definition) is 1. The van der Waals surface area contributed by atoms with Gasteiger partial charge in [0.25, 0.3) is 0 Å². The van der Waals surface area contributed by atoms with Crippen molar-refractivity contribution in [2.75, 3.05) is 0 Å². The normalized spacial score (nSPS) is 15.5. The SMILES string of the molecule is O=C(O)c1cnn2c(C3CCCCC3)c(-c3ccc(Cl)cc3Cl)cnc12. The average Bonchev–Trinajstić information content (AvgIpc) is 3.06. The first-order valence-electron chi connectivity index (χ1n) is 8.61. The van der Waals surface area contributed by atoms with Crippen molar-refractivity contribution in [3.05, 3.63) is 51.9 Å². The molecule has 0 unspecified atom stereocenters. The van der Waals surface area contributed by atoms with Crippen LogP contribution in [0, 0.1) is 0 Å². The number of hydrogen-bond acceptors (Lipinski definition) is 3. The highest BCUT2D eigenvalue weighted by atomic mass is 35.5. The molecule has 0 atom stereocenters. The molecule has 4 rings (SSSR count). The summed E-state index contributed by atoms with van der Waals surface area (Å²) in [5, 5.41) is 14.9. The Morgan fingerprint density at radius 1 is 1.12 bits per heavy atom. The van der Waals surface area contributed by atoms with Gasteiger partial charge in [0.2, 0.25) is 0 Å². The third kappa shape index (κ3) is 2.95. The van der Waals surface area contributed by atoms with E-state index in [1.54, 1.807) is 22.8 Å². The summed E-state index contributed by atoms with van der Waals surface area (Å²) in [6, 6.07) is 5.38. The molecule has 0 spiro atoms. The highest BCUT2D eigenvalue weighted by Crippen LogP contribution is 2.40. The second-order valence-electron chi connectivity index (χ2n) is 6.62. The van der Waals surface area contributed by atoms with Gasteiger partial charge in [0.1, 0.15) is 5.56 Å². The zero-order valence-corrected chi connectivity index (χ0v) is 15.5. The average molecular weight is 390 g/mol. The molecule has 7 heteroatoms. The topological polar surface area (TPSA) is 67.5 Å². The number of aromatic nitrogens is 3. The van der Waals surface area contributed by atoms with Crippen molar-refractivity contribution in [3.8, 4) is 11.1 Å². The number of aromatic carboxylic acids is 1. The fraction of sp³-hybridized carbons (Fsp3) is 0.316. The van der Waals surface area contributed by atoms with E-state index >= 15 is 0 Å². The number of benzene rings is 1. The minimum absolute atomic E-state index is 0.107. The zero-order chi connectivity index (χ0) is 18.3. The smallest absolute Gasteiger partial charge is 0.341 e. The van der Waals surface area contributed by atoms with Gasteiger partial charge in [0.15, 0.2) is 5.65 Å². The molecule has 0 radical (unpaired) electrons. The van der Waals surface area contributed by atoms with Crippen molar-refractivity contribution in [1.29, 1.82) is 0 Å². The number of carboxylic acids is 1. The van der Waals surface area contributed by atoms with E-state index in [2.05, 4.69) is 10.1 Å². The van der Waals surface area contributed by atoms with Gasteiger partial charge in [-0.25, -0.2) is 14.3 Å². The lowest BCUT2D eigenvalue weighted by Gasteiger charge is -2.25. The van der Waals surface area contributed by atoms with E-state index in [4.69, 9.17) is 23.2 Å². The van der Waals surface area contributed by atoms with E-state index in [0.717, 1.165) is 42.5 Å². The molecular formula is C19H17Cl2N3O2. The summed E-state index contributed by atoms with van der Waals surface area (Å²) in [6.07, 6.45) is 8.68. The zero-order valence-electron chi connectivity index (χ0n) is 14.0. The summed E-state index contributed by atoms with van der Waals surface area (Å²) in [5.41, 5.74) is 3.17. The molecule has 0 saturated heterocycles. The molecule has 0 aliphatic heterocycles. The number of carboxylic acid groups (broad SMARTS) is 1. The fourth-order valence-electron chi connectivity index (χ4n) is 3.78. The Kier molecular flexibility index (Phi) is 4.59. The summed E-state index contributed by atoms with van der Waals surface area (Å²) >= 11 is 12.5. The molecular weight excluding hydrogens is 373 g/mol. The Morgan fingerprint density at radius 2 is 1.88 bits per heavy atom. The van der Waals surface area contributed by atoms with Crippen LogP contribution in [0.1, 0.15) is 54.1 Å². The largest absolute Gasteiger partial charge is 0.477 e. The highest BCUT2D eigenvalue weighted by molar-refractivity contribution is 6.36. The van der Waals surface area contributed by atoms with Crippen molar-refractivity contribution in [1.82, 2.24) is 14.6 Å². The van der Waals surface area contributed by atoms with Crippen LogP contribution in [0.3, 0.4) is 0 Å². The van der Waals surface area contributed by atoms with E-state index in [-0.39, 0.29) is 11.5 Å². The second-order valence-corrected chi connectivity index (χ2v) is 7.46. The first-order valence-corrected chi connectivity index (χ1v) is 9.37. The Balaban J connectivity index is 1.98. The van der Waals surface area contributed by atoms with Gasteiger partial charge in [-0.2, -0.15) is 5.10 Å². The van der Waals surface area contributed by atoms with Crippen LogP contribution >= 0.6 is 23.2 Å². The summed E-state index contributed by atoms with van der Waals surface area (Å²) in [7, 11) is 0. The van der Waals surface area contributed by atoms with Crippen LogP contribution in [0.15, 0.2) is 30.6 Å². The van der Waals surface area contributed by atoms with Gasteiger partial charge in [-0.3, -0.25) is 0 Å². The number of rotatable bonds is 3. The van der Waals surface area contributed by atoms with E-state index in [0.29, 0.717) is 15.7 Å². The molecule has 1 N–H and O–H groups in total. The fourth-order valence-corrected chi connectivity index (χ4v) is 4.29. The maximum absolute atomic E-state index is 11.5. The monoisotopic (exact) mass is 389 g/mol. The third-order valence-corrected chi connectivity index (χ3v) is 5.56. The molecule has 2 aromatic heterocycles. The maximum Gasteiger partial charge on any atom is 0.341 e. The van der Waals surface area contributed by atoms with Crippen molar-refractivity contribution >= 4 is 34.8 Å². The first-order chi connectivity index (χ1) is 12.6. The van der Waals surface area contributed by atoms with Gasteiger partial charge >= 0.3 is 5.97 Å². The van der Waals surface area contributed by atoms with Crippen LogP contribution in [-0.4, -0.2) is 25.7 Å². The molecule has 0 bridgehead atoms. The molecule has 5 nitrogen and oxygen atoms in total. The molecule has 134 valence electrons. The van der Waals surface area contributed by atoms with Crippen molar-refractivity contribution in [2.45, 2.75) is 38.0 Å². The maximum atomic E-state index is 11.5. The number of carbonyl (C=O) groups is 1. The molecule has 1 aliphatic rings. The summed E-state index contributed by atoms with van der Waals surface area (Å²) < 4.78 is 1.68. The molecule has 0 amide bonds. The molecule has 26 heavy (non-hydrogen) atoms. The summed E-state index contributed by atoms with van der Waals surface area (Å²) in [4.78, 5) is 15.9. The van der Waals surface area contributed by atoms with Crippen LogP contribution in [-0.2, 0) is 0 Å². The molecule has 1 fully saturated rings. The van der Waals surface area contributed by atoms with E-state index in [1.807, 2.05) is 6.07 Å². The van der Waals surface area contributed by atoms with Gasteiger partial charge in [-0.15, -0.1) is 0 Å².